The van der Waals surface area contributed by atoms with Crippen molar-refractivity contribution in [2.24, 2.45) is 7.05 Å². The maximum Gasteiger partial charge on any atom is 0.262 e. The first-order valence-electron chi connectivity index (χ1n) is 6.47. The second-order valence-electron chi connectivity index (χ2n) is 4.94. The first kappa shape index (κ1) is 13.6. The van der Waals surface area contributed by atoms with Gasteiger partial charge >= 0.3 is 0 Å². The average molecular weight is 309 g/mol. The van der Waals surface area contributed by atoms with Crippen molar-refractivity contribution >= 4 is 39.2 Å². The molecular weight excluding hydrogens is 294 g/mol. The van der Waals surface area contributed by atoms with E-state index in [4.69, 9.17) is 0 Å². The molecule has 1 N–H and O–H groups in total. The normalized spacial score (nSPS) is 16.3. The number of amides is 1. The van der Waals surface area contributed by atoms with E-state index in [2.05, 4.69) is 10.3 Å². The Labute approximate surface area is 124 Å². The lowest BCUT2D eigenvalue weighted by molar-refractivity contribution is -0.120. The molecule has 0 spiro atoms. The number of nitrogens with one attached hydrogen (secondary N) is 1. The van der Waals surface area contributed by atoms with E-state index >= 15 is 0 Å². The van der Waals surface area contributed by atoms with Crippen molar-refractivity contribution in [3.05, 3.63) is 21.8 Å². The Kier molecular flexibility index (Phi) is 3.55. The third-order valence-electron chi connectivity index (χ3n) is 3.24. The molecule has 0 aliphatic heterocycles. The van der Waals surface area contributed by atoms with Crippen LogP contribution in [0.5, 0.6) is 0 Å². The van der Waals surface area contributed by atoms with Gasteiger partial charge in [-0.2, -0.15) is 0 Å². The number of carbonyl (C=O) groups excluding carboxylic acids is 1. The zero-order valence-electron chi connectivity index (χ0n) is 11.3. The number of thioether (sulfide) groups is 1. The van der Waals surface area contributed by atoms with E-state index in [1.165, 1.54) is 27.7 Å². The molecule has 2 aromatic heterocycles. The number of hydrogen-bond donors (Lipinski definition) is 1. The Morgan fingerprint density at radius 1 is 1.60 bits per heavy atom. The van der Waals surface area contributed by atoms with E-state index in [1.807, 2.05) is 12.3 Å². The van der Waals surface area contributed by atoms with Gasteiger partial charge in [-0.1, -0.05) is 11.8 Å². The molecule has 3 rings (SSSR count). The topological polar surface area (TPSA) is 64.0 Å². The summed E-state index contributed by atoms with van der Waals surface area (Å²) in [4.78, 5) is 29.3. The number of hydrogen-bond acceptors (Lipinski definition) is 5. The van der Waals surface area contributed by atoms with Crippen molar-refractivity contribution in [2.45, 2.75) is 36.2 Å². The predicted molar refractivity (Wildman–Crippen MR) is 81.3 cm³/mol. The van der Waals surface area contributed by atoms with Crippen LogP contribution in [0, 0.1) is 0 Å². The van der Waals surface area contributed by atoms with Gasteiger partial charge in [0.05, 0.1) is 10.6 Å². The van der Waals surface area contributed by atoms with E-state index in [-0.39, 0.29) is 16.7 Å². The van der Waals surface area contributed by atoms with Crippen molar-refractivity contribution in [2.75, 3.05) is 0 Å². The van der Waals surface area contributed by atoms with Crippen LogP contribution in [0.4, 0.5) is 0 Å². The van der Waals surface area contributed by atoms with E-state index in [0.717, 1.165) is 17.7 Å². The SMILES string of the molecule is C[C@@H](Sc1nc2sccc2c(=O)n1C)C(=O)NC1CC1. The molecule has 0 saturated heterocycles. The molecule has 7 heteroatoms. The van der Waals surface area contributed by atoms with Gasteiger partial charge in [0.2, 0.25) is 5.91 Å². The van der Waals surface area contributed by atoms with E-state index in [1.54, 1.807) is 13.1 Å². The van der Waals surface area contributed by atoms with Crippen LogP contribution in [-0.4, -0.2) is 26.8 Å². The van der Waals surface area contributed by atoms with Gasteiger partial charge in [0.25, 0.3) is 5.56 Å². The first-order valence-corrected chi connectivity index (χ1v) is 8.23. The van der Waals surface area contributed by atoms with E-state index in [0.29, 0.717) is 16.6 Å². The van der Waals surface area contributed by atoms with Crippen LogP contribution in [-0.2, 0) is 11.8 Å². The number of fused-ring (bicyclic) bond motifs is 1. The molecule has 1 aliphatic carbocycles. The number of aromatic nitrogens is 2. The second kappa shape index (κ2) is 5.21. The summed E-state index contributed by atoms with van der Waals surface area (Å²) in [7, 11) is 1.69. The minimum atomic E-state index is -0.258. The molecule has 1 saturated carbocycles. The summed E-state index contributed by atoms with van der Waals surface area (Å²) >= 11 is 2.77. The third-order valence-corrected chi connectivity index (χ3v) is 5.19. The second-order valence-corrected chi connectivity index (χ2v) is 7.14. The third kappa shape index (κ3) is 2.60. The summed E-state index contributed by atoms with van der Waals surface area (Å²) in [5, 5.41) is 5.79. The highest BCUT2D eigenvalue weighted by atomic mass is 32.2. The Morgan fingerprint density at radius 3 is 3.05 bits per heavy atom. The van der Waals surface area contributed by atoms with Crippen molar-refractivity contribution in [1.29, 1.82) is 0 Å². The van der Waals surface area contributed by atoms with Gasteiger partial charge in [0.15, 0.2) is 5.16 Å². The van der Waals surface area contributed by atoms with Crippen LogP contribution in [0.1, 0.15) is 19.8 Å². The quantitative estimate of drug-likeness (QED) is 0.690. The lowest BCUT2D eigenvalue weighted by atomic mass is 10.4. The average Bonchev–Trinajstić information content (AvgIpc) is 3.10. The number of carbonyl (C=O) groups is 1. The van der Waals surface area contributed by atoms with E-state index < -0.39 is 0 Å². The number of rotatable bonds is 4. The van der Waals surface area contributed by atoms with Crippen LogP contribution in [0.15, 0.2) is 21.4 Å². The van der Waals surface area contributed by atoms with Gasteiger partial charge in [0.1, 0.15) is 4.83 Å². The fourth-order valence-electron chi connectivity index (χ4n) is 1.84. The fraction of sp³-hybridized carbons (Fsp3) is 0.462. The zero-order chi connectivity index (χ0) is 14.3. The van der Waals surface area contributed by atoms with Crippen LogP contribution in [0.25, 0.3) is 10.2 Å². The number of nitrogens with zero attached hydrogens (tertiary/aromatic N) is 2. The summed E-state index contributed by atoms with van der Waals surface area (Å²) in [5.74, 6) is 0.0121. The van der Waals surface area contributed by atoms with Crippen molar-refractivity contribution < 1.29 is 4.79 Å². The molecule has 0 aromatic carbocycles. The minimum Gasteiger partial charge on any atom is -0.352 e. The molecule has 0 bridgehead atoms. The van der Waals surface area contributed by atoms with Gasteiger partial charge < -0.3 is 5.32 Å². The largest absolute Gasteiger partial charge is 0.352 e. The fourth-order valence-corrected chi connectivity index (χ4v) is 3.53. The summed E-state index contributed by atoms with van der Waals surface area (Å²) in [6.07, 6.45) is 2.14. The predicted octanol–water partition coefficient (Wildman–Crippen LogP) is 1.75. The molecular formula is C13H15N3O2S2. The molecule has 5 nitrogen and oxygen atoms in total. The Hall–Kier alpha value is -1.34. The molecule has 1 fully saturated rings. The lowest BCUT2D eigenvalue weighted by Gasteiger charge is -2.13. The molecule has 0 unspecified atom stereocenters. The molecule has 106 valence electrons. The van der Waals surface area contributed by atoms with Crippen molar-refractivity contribution in [3.63, 3.8) is 0 Å². The Bertz CT molecular complexity index is 718. The highest BCUT2D eigenvalue weighted by Gasteiger charge is 2.26. The standard InChI is InChI=1S/C13H15N3O2S2/c1-7(10(17)14-8-3-4-8)20-13-15-11-9(5-6-19-11)12(18)16(13)2/h5-8H,3-4H2,1-2H3,(H,14,17)/t7-/m1/s1. The highest BCUT2D eigenvalue weighted by Crippen LogP contribution is 2.25. The lowest BCUT2D eigenvalue weighted by Crippen LogP contribution is -2.33. The zero-order valence-corrected chi connectivity index (χ0v) is 12.9. The van der Waals surface area contributed by atoms with Gasteiger partial charge in [-0.05, 0) is 31.2 Å². The highest BCUT2D eigenvalue weighted by molar-refractivity contribution is 8.00. The molecule has 2 heterocycles. The van der Waals surface area contributed by atoms with Crippen LogP contribution in [0.2, 0.25) is 0 Å². The first-order chi connectivity index (χ1) is 9.56. The smallest absolute Gasteiger partial charge is 0.262 e. The maximum atomic E-state index is 12.2. The molecule has 1 atom stereocenters. The molecule has 20 heavy (non-hydrogen) atoms. The minimum absolute atomic E-state index is 0.0121. The number of thiophene rings is 1. The molecule has 1 amide bonds. The summed E-state index contributed by atoms with van der Waals surface area (Å²) < 4.78 is 1.51. The Morgan fingerprint density at radius 2 is 2.35 bits per heavy atom. The monoisotopic (exact) mass is 309 g/mol. The van der Waals surface area contributed by atoms with Crippen LogP contribution < -0.4 is 10.9 Å². The van der Waals surface area contributed by atoms with Crippen LogP contribution >= 0.6 is 23.1 Å². The molecule has 1 aliphatic rings. The summed E-state index contributed by atoms with van der Waals surface area (Å²) in [6, 6.07) is 2.13. The van der Waals surface area contributed by atoms with E-state index in [9.17, 15) is 9.59 Å². The Balaban J connectivity index is 1.84. The van der Waals surface area contributed by atoms with Gasteiger partial charge in [-0.15, -0.1) is 11.3 Å². The van der Waals surface area contributed by atoms with Crippen molar-refractivity contribution in [1.82, 2.24) is 14.9 Å². The maximum absolute atomic E-state index is 12.2. The van der Waals surface area contributed by atoms with Crippen molar-refractivity contribution in [3.8, 4) is 0 Å². The van der Waals surface area contributed by atoms with Crippen LogP contribution in [0.3, 0.4) is 0 Å². The van der Waals surface area contributed by atoms with Gasteiger partial charge in [-0.25, -0.2) is 4.98 Å². The molecule has 2 aromatic rings. The van der Waals surface area contributed by atoms with Gasteiger partial charge in [0, 0.05) is 13.1 Å². The summed E-state index contributed by atoms with van der Waals surface area (Å²) in [5.41, 5.74) is -0.0615. The summed E-state index contributed by atoms with van der Waals surface area (Å²) in [6.45, 7) is 1.84. The molecule has 0 radical (unpaired) electrons. The van der Waals surface area contributed by atoms with Gasteiger partial charge in [-0.3, -0.25) is 14.2 Å².